The Morgan fingerprint density at radius 2 is 2.37 bits per heavy atom. The number of furan rings is 1. The standard InChI is InChI=1S/C13H16N2O3S/c1-13(2,8-16)15-11(17)6-9-7-19-12(14-9)10-4-3-5-18-10/h3-5,7,16H,6,8H2,1-2H3,(H,15,17). The average Bonchev–Trinajstić information content (AvgIpc) is 2.97. The van der Waals surface area contributed by atoms with E-state index in [1.165, 1.54) is 11.3 Å². The number of aliphatic hydroxyl groups is 1. The molecule has 19 heavy (non-hydrogen) atoms. The Morgan fingerprint density at radius 3 is 3.00 bits per heavy atom. The fourth-order valence-electron chi connectivity index (χ4n) is 1.53. The molecule has 2 aromatic heterocycles. The van der Waals surface area contributed by atoms with E-state index in [2.05, 4.69) is 10.3 Å². The predicted octanol–water partition coefficient (Wildman–Crippen LogP) is 1.83. The van der Waals surface area contributed by atoms with Gasteiger partial charge in [0.1, 0.15) is 0 Å². The second kappa shape index (κ2) is 5.54. The van der Waals surface area contributed by atoms with Gasteiger partial charge in [-0.1, -0.05) is 0 Å². The summed E-state index contributed by atoms with van der Waals surface area (Å²) in [6.07, 6.45) is 1.79. The molecular weight excluding hydrogens is 264 g/mol. The molecule has 1 amide bonds. The number of aliphatic hydroxyl groups excluding tert-OH is 1. The lowest BCUT2D eigenvalue weighted by atomic mass is 10.1. The molecule has 0 radical (unpaired) electrons. The van der Waals surface area contributed by atoms with E-state index < -0.39 is 5.54 Å². The molecule has 2 heterocycles. The molecule has 0 aromatic carbocycles. The highest BCUT2D eigenvalue weighted by Gasteiger charge is 2.20. The minimum absolute atomic E-state index is 0.104. The molecule has 0 atom stereocenters. The second-order valence-electron chi connectivity index (χ2n) is 4.89. The molecule has 0 fully saturated rings. The van der Waals surface area contributed by atoms with Crippen LogP contribution in [0.5, 0.6) is 0 Å². The van der Waals surface area contributed by atoms with Crippen LogP contribution in [-0.4, -0.2) is 28.1 Å². The number of hydrogen-bond donors (Lipinski definition) is 2. The molecule has 0 unspecified atom stereocenters. The summed E-state index contributed by atoms with van der Waals surface area (Å²) < 4.78 is 5.25. The largest absolute Gasteiger partial charge is 0.462 e. The number of rotatable bonds is 5. The molecule has 102 valence electrons. The molecule has 0 saturated heterocycles. The van der Waals surface area contributed by atoms with Crippen LogP contribution in [0.1, 0.15) is 19.5 Å². The Balaban J connectivity index is 1.99. The fourth-order valence-corrected chi connectivity index (χ4v) is 2.31. The van der Waals surface area contributed by atoms with Gasteiger partial charge in [0.25, 0.3) is 0 Å². The van der Waals surface area contributed by atoms with Gasteiger partial charge in [0.2, 0.25) is 5.91 Å². The summed E-state index contributed by atoms with van der Waals surface area (Å²) in [6, 6.07) is 3.63. The van der Waals surface area contributed by atoms with E-state index in [9.17, 15) is 4.79 Å². The average molecular weight is 280 g/mol. The van der Waals surface area contributed by atoms with Crippen LogP contribution < -0.4 is 5.32 Å². The lowest BCUT2D eigenvalue weighted by Gasteiger charge is -2.23. The first-order chi connectivity index (χ1) is 9.00. The molecule has 0 aliphatic rings. The first kappa shape index (κ1) is 13.8. The Kier molecular flexibility index (Phi) is 4.01. The van der Waals surface area contributed by atoms with Crippen molar-refractivity contribution in [3.8, 4) is 10.8 Å². The van der Waals surface area contributed by atoms with Crippen LogP contribution in [-0.2, 0) is 11.2 Å². The molecule has 2 aromatic rings. The van der Waals surface area contributed by atoms with Crippen molar-refractivity contribution in [1.82, 2.24) is 10.3 Å². The van der Waals surface area contributed by atoms with Crippen LogP contribution in [0.15, 0.2) is 28.2 Å². The maximum absolute atomic E-state index is 11.8. The van der Waals surface area contributed by atoms with Crippen molar-refractivity contribution in [1.29, 1.82) is 0 Å². The fraction of sp³-hybridized carbons (Fsp3) is 0.385. The Labute approximate surface area is 115 Å². The van der Waals surface area contributed by atoms with Gasteiger partial charge in [-0.25, -0.2) is 4.98 Å². The first-order valence-electron chi connectivity index (χ1n) is 5.90. The van der Waals surface area contributed by atoms with Crippen LogP contribution in [0.2, 0.25) is 0 Å². The van der Waals surface area contributed by atoms with Crippen molar-refractivity contribution in [3.05, 3.63) is 29.5 Å². The summed E-state index contributed by atoms with van der Waals surface area (Å²) >= 11 is 1.44. The van der Waals surface area contributed by atoms with Crippen molar-refractivity contribution in [3.63, 3.8) is 0 Å². The van der Waals surface area contributed by atoms with Gasteiger partial charge in [-0.15, -0.1) is 11.3 Å². The molecule has 2 rings (SSSR count). The second-order valence-corrected chi connectivity index (χ2v) is 5.75. The van der Waals surface area contributed by atoms with Crippen LogP contribution >= 0.6 is 11.3 Å². The number of carbonyl (C=O) groups excluding carboxylic acids is 1. The normalized spacial score (nSPS) is 11.5. The zero-order valence-electron chi connectivity index (χ0n) is 10.8. The molecular formula is C13H16N2O3S. The third kappa shape index (κ3) is 3.65. The van der Waals surface area contributed by atoms with E-state index in [1.54, 1.807) is 26.2 Å². The van der Waals surface area contributed by atoms with Crippen molar-refractivity contribution >= 4 is 17.2 Å². The molecule has 6 heteroatoms. The van der Waals surface area contributed by atoms with Crippen LogP contribution in [0.3, 0.4) is 0 Å². The monoisotopic (exact) mass is 280 g/mol. The van der Waals surface area contributed by atoms with Crippen LogP contribution in [0, 0.1) is 0 Å². The predicted molar refractivity (Wildman–Crippen MR) is 72.8 cm³/mol. The Bertz CT molecular complexity index is 546. The molecule has 0 spiro atoms. The minimum atomic E-state index is -0.614. The molecule has 0 aliphatic carbocycles. The van der Waals surface area contributed by atoms with Gasteiger partial charge < -0.3 is 14.8 Å². The summed E-state index contributed by atoms with van der Waals surface area (Å²) in [5.41, 5.74) is 0.0827. The SMILES string of the molecule is CC(C)(CO)NC(=O)Cc1csc(-c2ccco2)n1. The van der Waals surface area contributed by atoms with Crippen molar-refractivity contribution in [2.45, 2.75) is 25.8 Å². The van der Waals surface area contributed by atoms with Gasteiger partial charge in [0.05, 0.1) is 30.5 Å². The zero-order chi connectivity index (χ0) is 13.9. The van der Waals surface area contributed by atoms with Gasteiger partial charge in [0, 0.05) is 5.38 Å². The number of aromatic nitrogens is 1. The van der Waals surface area contributed by atoms with Gasteiger partial charge in [0.15, 0.2) is 10.8 Å². The highest BCUT2D eigenvalue weighted by molar-refractivity contribution is 7.13. The minimum Gasteiger partial charge on any atom is -0.462 e. The lowest BCUT2D eigenvalue weighted by molar-refractivity contribution is -0.122. The van der Waals surface area contributed by atoms with Gasteiger partial charge >= 0.3 is 0 Å². The van der Waals surface area contributed by atoms with Crippen LogP contribution in [0.25, 0.3) is 10.8 Å². The summed E-state index contributed by atoms with van der Waals surface area (Å²) in [6.45, 7) is 3.42. The molecule has 2 N–H and O–H groups in total. The number of amides is 1. The topological polar surface area (TPSA) is 75.4 Å². The number of nitrogens with one attached hydrogen (secondary N) is 1. The third-order valence-electron chi connectivity index (χ3n) is 2.50. The maximum Gasteiger partial charge on any atom is 0.226 e. The number of hydrogen-bond acceptors (Lipinski definition) is 5. The molecule has 0 saturated carbocycles. The Morgan fingerprint density at radius 1 is 1.58 bits per heavy atom. The Hall–Kier alpha value is -1.66. The summed E-state index contributed by atoms with van der Waals surface area (Å²) in [7, 11) is 0. The van der Waals surface area contributed by atoms with E-state index in [0.29, 0.717) is 11.5 Å². The van der Waals surface area contributed by atoms with E-state index in [-0.39, 0.29) is 18.9 Å². The highest BCUT2D eigenvalue weighted by atomic mass is 32.1. The van der Waals surface area contributed by atoms with Gasteiger partial charge in [-0.2, -0.15) is 0 Å². The smallest absolute Gasteiger partial charge is 0.226 e. The van der Waals surface area contributed by atoms with E-state index in [0.717, 1.165) is 5.01 Å². The summed E-state index contributed by atoms with van der Waals surface area (Å²) in [4.78, 5) is 16.2. The zero-order valence-corrected chi connectivity index (χ0v) is 11.7. The van der Waals surface area contributed by atoms with Crippen molar-refractivity contribution in [2.75, 3.05) is 6.61 Å². The van der Waals surface area contributed by atoms with Crippen LogP contribution in [0.4, 0.5) is 0 Å². The number of carbonyl (C=O) groups is 1. The number of nitrogens with zero attached hydrogens (tertiary/aromatic N) is 1. The molecule has 0 bridgehead atoms. The third-order valence-corrected chi connectivity index (χ3v) is 3.40. The van der Waals surface area contributed by atoms with E-state index in [4.69, 9.17) is 9.52 Å². The summed E-state index contributed by atoms with van der Waals surface area (Å²) in [5, 5.41) is 14.4. The molecule has 0 aliphatic heterocycles. The molecule has 5 nitrogen and oxygen atoms in total. The first-order valence-corrected chi connectivity index (χ1v) is 6.78. The maximum atomic E-state index is 11.8. The van der Waals surface area contributed by atoms with Crippen molar-refractivity contribution < 1.29 is 14.3 Å². The number of thiazole rings is 1. The van der Waals surface area contributed by atoms with E-state index in [1.807, 2.05) is 11.4 Å². The van der Waals surface area contributed by atoms with Gasteiger partial charge in [-0.05, 0) is 26.0 Å². The lowest BCUT2D eigenvalue weighted by Crippen LogP contribution is -2.46. The van der Waals surface area contributed by atoms with Crippen molar-refractivity contribution in [2.24, 2.45) is 0 Å². The summed E-state index contributed by atoms with van der Waals surface area (Å²) in [5.74, 6) is 0.544. The van der Waals surface area contributed by atoms with Gasteiger partial charge in [-0.3, -0.25) is 4.79 Å². The highest BCUT2D eigenvalue weighted by Crippen LogP contribution is 2.24. The quantitative estimate of drug-likeness (QED) is 0.876. The van der Waals surface area contributed by atoms with E-state index >= 15 is 0 Å².